The topological polar surface area (TPSA) is 76.6 Å². The summed E-state index contributed by atoms with van der Waals surface area (Å²) in [7, 11) is -3.72. The molecule has 1 atom stereocenters. The standard InChI is InChI=1S/C18H22N2O4S/c1-3-24-18(21)15-7-5-9-20(12-15)25(22,23)16-8-4-6-14-10-13(2)11-19-17(14)16/h4,6,8,10-11,15H,3,5,7,9,12H2,1-2H3. The Morgan fingerprint density at radius 2 is 2.20 bits per heavy atom. The van der Waals surface area contributed by atoms with Gasteiger partial charge in [-0.2, -0.15) is 4.31 Å². The fraction of sp³-hybridized carbons (Fsp3) is 0.444. The number of aromatic nitrogens is 1. The molecule has 25 heavy (non-hydrogen) atoms. The third-order valence-electron chi connectivity index (χ3n) is 4.43. The van der Waals surface area contributed by atoms with Crippen LogP contribution in [0.25, 0.3) is 10.9 Å². The molecule has 0 N–H and O–H groups in total. The zero-order chi connectivity index (χ0) is 18.0. The molecule has 0 amide bonds. The van der Waals surface area contributed by atoms with Crippen LogP contribution in [0, 0.1) is 12.8 Å². The first-order valence-electron chi connectivity index (χ1n) is 8.45. The summed E-state index contributed by atoms with van der Waals surface area (Å²) in [5.41, 5.74) is 1.44. The molecular weight excluding hydrogens is 340 g/mol. The van der Waals surface area contributed by atoms with Crippen LogP contribution in [0.4, 0.5) is 0 Å². The maximum atomic E-state index is 13.1. The smallest absolute Gasteiger partial charge is 0.310 e. The Labute approximate surface area is 147 Å². The fourth-order valence-electron chi connectivity index (χ4n) is 3.20. The minimum absolute atomic E-state index is 0.156. The highest BCUT2D eigenvalue weighted by atomic mass is 32.2. The van der Waals surface area contributed by atoms with Crippen molar-refractivity contribution in [3.05, 3.63) is 36.0 Å². The van der Waals surface area contributed by atoms with E-state index in [9.17, 15) is 13.2 Å². The van der Waals surface area contributed by atoms with Crippen molar-refractivity contribution in [3.63, 3.8) is 0 Å². The highest BCUT2D eigenvalue weighted by Gasteiger charge is 2.34. The Bertz CT molecular complexity index is 895. The third-order valence-corrected chi connectivity index (χ3v) is 6.33. The zero-order valence-electron chi connectivity index (χ0n) is 14.4. The van der Waals surface area contributed by atoms with E-state index < -0.39 is 15.9 Å². The van der Waals surface area contributed by atoms with Crippen molar-refractivity contribution in [1.29, 1.82) is 0 Å². The van der Waals surface area contributed by atoms with Gasteiger partial charge in [0.05, 0.1) is 18.0 Å². The summed E-state index contributed by atoms with van der Waals surface area (Å²) in [6.45, 7) is 4.53. The number of carbonyl (C=O) groups is 1. The molecule has 2 aromatic rings. The van der Waals surface area contributed by atoms with Crippen molar-refractivity contribution in [3.8, 4) is 0 Å². The Hall–Kier alpha value is -1.99. The second-order valence-electron chi connectivity index (χ2n) is 6.29. The van der Waals surface area contributed by atoms with Gasteiger partial charge in [-0.15, -0.1) is 0 Å². The fourth-order valence-corrected chi connectivity index (χ4v) is 4.89. The lowest BCUT2D eigenvalue weighted by Crippen LogP contribution is -2.42. The number of benzene rings is 1. The van der Waals surface area contributed by atoms with E-state index in [4.69, 9.17) is 4.74 Å². The maximum Gasteiger partial charge on any atom is 0.310 e. The van der Waals surface area contributed by atoms with E-state index in [2.05, 4.69) is 4.98 Å². The van der Waals surface area contributed by atoms with Crippen molar-refractivity contribution in [1.82, 2.24) is 9.29 Å². The number of ether oxygens (including phenoxy) is 1. The average Bonchev–Trinajstić information content (AvgIpc) is 2.61. The number of esters is 1. The van der Waals surface area contributed by atoms with Gasteiger partial charge in [0.25, 0.3) is 0 Å². The number of nitrogens with zero attached hydrogens (tertiary/aromatic N) is 2. The SMILES string of the molecule is CCOC(=O)C1CCCN(S(=O)(=O)c2cccc3cc(C)cnc23)C1. The molecule has 0 radical (unpaired) electrons. The van der Waals surface area contributed by atoms with E-state index in [1.807, 2.05) is 19.1 Å². The van der Waals surface area contributed by atoms with Gasteiger partial charge < -0.3 is 4.74 Å². The number of para-hydroxylation sites is 1. The first-order chi connectivity index (χ1) is 11.9. The third kappa shape index (κ3) is 3.52. The Kier molecular flexibility index (Phi) is 5.06. The zero-order valence-corrected chi connectivity index (χ0v) is 15.3. The quantitative estimate of drug-likeness (QED) is 0.781. The molecule has 1 aromatic heterocycles. The second-order valence-corrected chi connectivity index (χ2v) is 8.20. The lowest BCUT2D eigenvalue weighted by molar-refractivity contribution is -0.149. The van der Waals surface area contributed by atoms with Crippen molar-refractivity contribution in [2.75, 3.05) is 19.7 Å². The molecule has 6 nitrogen and oxygen atoms in total. The van der Waals surface area contributed by atoms with Crippen molar-refractivity contribution < 1.29 is 17.9 Å². The molecule has 0 aliphatic carbocycles. The molecule has 1 saturated heterocycles. The van der Waals surface area contributed by atoms with Gasteiger partial charge in [0.1, 0.15) is 4.90 Å². The van der Waals surface area contributed by atoms with Gasteiger partial charge in [0.15, 0.2) is 0 Å². The number of piperidine rings is 1. The summed E-state index contributed by atoms with van der Waals surface area (Å²) in [6, 6.07) is 7.07. The molecule has 1 aliphatic rings. The van der Waals surface area contributed by atoms with Crippen molar-refractivity contribution in [2.45, 2.75) is 31.6 Å². The summed E-state index contributed by atoms with van der Waals surface area (Å²) in [5.74, 6) is -0.734. The van der Waals surface area contributed by atoms with Crippen LogP contribution in [-0.4, -0.2) is 43.4 Å². The lowest BCUT2D eigenvalue weighted by atomic mass is 10.0. The Morgan fingerprint density at radius 1 is 1.40 bits per heavy atom. The molecule has 3 rings (SSSR count). The number of hydrogen-bond donors (Lipinski definition) is 0. The molecule has 0 bridgehead atoms. The van der Waals surface area contributed by atoms with Crippen LogP contribution in [0.2, 0.25) is 0 Å². The maximum absolute atomic E-state index is 13.1. The van der Waals surface area contributed by atoms with Gasteiger partial charge in [-0.3, -0.25) is 9.78 Å². The number of sulfonamides is 1. The minimum atomic E-state index is -3.72. The summed E-state index contributed by atoms with van der Waals surface area (Å²) >= 11 is 0. The van der Waals surface area contributed by atoms with E-state index in [0.29, 0.717) is 31.5 Å². The first kappa shape index (κ1) is 17.8. The minimum Gasteiger partial charge on any atom is -0.466 e. The molecule has 1 unspecified atom stereocenters. The molecular formula is C18H22N2O4S. The van der Waals surface area contributed by atoms with Crippen LogP contribution < -0.4 is 0 Å². The first-order valence-corrected chi connectivity index (χ1v) is 9.89. The molecule has 1 aromatic carbocycles. The number of hydrogen-bond acceptors (Lipinski definition) is 5. The molecule has 2 heterocycles. The van der Waals surface area contributed by atoms with Crippen LogP contribution in [-0.2, 0) is 19.6 Å². The summed E-state index contributed by atoms with van der Waals surface area (Å²) in [4.78, 5) is 16.5. The van der Waals surface area contributed by atoms with Crippen molar-refractivity contribution >= 4 is 26.9 Å². The summed E-state index contributed by atoms with van der Waals surface area (Å²) in [5, 5.41) is 0.792. The van der Waals surface area contributed by atoms with E-state index in [0.717, 1.165) is 10.9 Å². The van der Waals surface area contributed by atoms with Gasteiger partial charge in [0.2, 0.25) is 10.0 Å². The summed E-state index contributed by atoms with van der Waals surface area (Å²) in [6.07, 6.45) is 2.96. The van der Waals surface area contributed by atoms with Gasteiger partial charge in [-0.1, -0.05) is 12.1 Å². The van der Waals surface area contributed by atoms with E-state index in [1.165, 1.54) is 4.31 Å². The van der Waals surface area contributed by atoms with Crippen molar-refractivity contribution in [2.24, 2.45) is 5.92 Å². The monoisotopic (exact) mass is 362 g/mol. The van der Waals surface area contributed by atoms with E-state index >= 15 is 0 Å². The van der Waals surface area contributed by atoms with Gasteiger partial charge in [0, 0.05) is 24.7 Å². The van der Waals surface area contributed by atoms with Crippen LogP contribution in [0.5, 0.6) is 0 Å². The van der Waals surface area contributed by atoms with Gasteiger partial charge in [-0.05, 0) is 44.4 Å². The molecule has 1 fully saturated rings. The van der Waals surface area contributed by atoms with Crippen LogP contribution in [0.15, 0.2) is 35.4 Å². The van der Waals surface area contributed by atoms with Crippen LogP contribution in [0.3, 0.4) is 0 Å². The summed E-state index contributed by atoms with van der Waals surface area (Å²) < 4.78 is 32.7. The highest BCUT2D eigenvalue weighted by Crippen LogP contribution is 2.28. The number of fused-ring (bicyclic) bond motifs is 1. The number of pyridine rings is 1. The second kappa shape index (κ2) is 7.09. The number of carbonyl (C=O) groups excluding carboxylic acids is 1. The number of rotatable bonds is 4. The van der Waals surface area contributed by atoms with E-state index in [-0.39, 0.29) is 17.4 Å². The Balaban J connectivity index is 1.95. The van der Waals surface area contributed by atoms with Crippen LogP contribution >= 0.6 is 0 Å². The predicted octanol–water partition coefficient (Wildman–Crippen LogP) is 2.51. The largest absolute Gasteiger partial charge is 0.466 e. The van der Waals surface area contributed by atoms with Gasteiger partial charge >= 0.3 is 5.97 Å². The predicted molar refractivity (Wildman–Crippen MR) is 94.6 cm³/mol. The van der Waals surface area contributed by atoms with Gasteiger partial charge in [-0.25, -0.2) is 8.42 Å². The van der Waals surface area contributed by atoms with E-state index in [1.54, 1.807) is 25.3 Å². The highest BCUT2D eigenvalue weighted by molar-refractivity contribution is 7.89. The Morgan fingerprint density at radius 3 is 2.96 bits per heavy atom. The molecule has 0 saturated carbocycles. The molecule has 134 valence electrons. The average molecular weight is 362 g/mol. The van der Waals surface area contributed by atoms with Crippen LogP contribution in [0.1, 0.15) is 25.3 Å². The molecule has 7 heteroatoms. The normalized spacial score (nSPS) is 19.0. The lowest BCUT2D eigenvalue weighted by Gasteiger charge is -2.30. The molecule has 0 spiro atoms. The molecule has 1 aliphatic heterocycles. The number of aryl methyl sites for hydroxylation is 1.